The number of hydrogen-bond acceptors (Lipinski definition) is 8. The number of halogens is 7. The maximum atomic E-state index is 15.0. The van der Waals surface area contributed by atoms with Gasteiger partial charge in [-0.3, -0.25) is 9.36 Å². The van der Waals surface area contributed by atoms with Gasteiger partial charge in [-0.05, 0) is 38.8 Å². The van der Waals surface area contributed by atoms with Crippen LogP contribution in [0.5, 0.6) is 0 Å². The molecule has 42 heavy (non-hydrogen) atoms. The zero-order valence-corrected chi connectivity index (χ0v) is 23.7. The van der Waals surface area contributed by atoms with Crippen molar-refractivity contribution in [2.45, 2.75) is 70.0 Å². The highest BCUT2D eigenvalue weighted by atomic mass is 35.5. The smallest absolute Gasteiger partial charge is 0.351 e. The predicted octanol–water partition coefficient (Wildman–Crippen LogP) is 4.58. The lowest BCUT2D eigenvalue weighted by Gasteiger charge is -2.29. The number of aromatic nitrogens is 4. The lowest BCUT2D eigenvalue weighted by atomic mass is 9.90. The van der Waals surface area contributed by atoms with Crippen molar-refractivity contribution in [3.63, 3.8) is 0 Å². The molecular weight excluding hydrogens is 616 g/mol. The van der Waals surface area contributed by atoms with E-state index in [1.54, 1.807) is 13.8 Å². The van der Waals surface area contributed by atoms with Gasteiger partial charge >= 0.3 is 6.18 Å². The van der Waals surface area contributed by atoms with E-state index in [1.165, 1.54) is 10.8 Å². The van der Waals surface area contributed by atoms with Crippen LogP contribution in [0.25, 0.3) is 22.4 Å². The van der Waals surface area contributed by atoms with Gasteiger partial charge in [0.15, 0.2) is 17.3 Å². The summed E-state index contributed by atoms with van der Waals surface area (Å²) in [6.07, 6.45) is -5.40. The van der Waals surface area contributed by atoms with Gasteiger partial charge in [0.1, 0.15) is 23.1 Å². The maximum Gasteiger partial charge on any atom is 0.390 e. The molecule has 3 aromatic rings. The molecule has 0 saturated heterocycles. The van der Waals surface area contributed by atoms with E-state index in [1.807, 2.05) is 0 Å². The second-order valence-electron chi connectivity index (χ2n) is 10.2. The molecule has 4 rings (SSSR count). The number of nitrogens with zero attached hydrogens (tertiary/aromatic N) is 5. The topological polar surface area (TPSA) is 136 Å². The summed E-state index contributed by atoms with van der Waals surface area (Å²) in [4.78, 5) is 26.2. The predicted molar refractivity (Wildman–Crippen MR) is 144 cm³/mol. The normalized spacial score (nSPS) is 19.8. The first-order valence-corrected chi connectivity index (χ1v) is 14.6. The summed E-state index contributed by atoms with van der Waals surface area (Å²) in [5, 5.41) is 3.03. The average molecular weight is 642 g/mol. The Morgan fingerprint density at radius 2 is 1.83 bits per heavy atom. The highest BCUT2D eigenvalue weighted by Crippen LogP contribution is 2.33. The number of nitrogens with one attached hydrogen (secondary N) is 1. The molecule has 2 heterocycles. The number of nitrogens with two attached hydrogens (primary N) is 1. The van der Waals surface area contributed by atoms with Crippen LogP contribution >= 0.6 is 11.8 Å². The quantitative estimate of drug-likeness (QED) is 0.269. The third kappa shape index (κ3) is 6.72. The summed E-state index contributed by atoms with van der Waals surface area (Å²) in [6, 6.07) is -0.203. The lowest BCUT2D eigenvalue weighted by Crippen LogP contribution is -2.42. The first-order chi connectivity index (χ1) is 19.5. The minimum atomic E-state index is -4.98. The standard InChI is InChI=1S/C24H26ClF6N7O3S/c1-11(2)37-21-18(10-33-23(36-21)34-13-3-4-17(32)14(26)9-13)35-19(22(37)39)12-7-15(27)20(16(28)8-12)38(25)42(40,41)6-5-24(29,30)31/h7-8,10-11,13-14,17H,3-6,9,32H2,1-2H3,(H,33,34,36). The van der Waals surface area contributed by atoms with E-state index in [4.69, 9.17) is 17.5 Å². The van der Waals surface area contributed by atoms with E-state index < -0.39 is 84.6 Å². The molecule has 10 nitrogen and oxygen atoms in total. The first kappa shape index (κ1) is 31.7. The Hall–Kier alpha value is -3.18. The van der Waals surface area contributed by atoms with Gasteiger partial charge in [0.05, 0.1) is 18.4 Å². The fourth-order valence-electron chi connectivity index (χ4n) is 4.52. The van der Waals surface area contributed by atoms with Crippen LogP contribution in [0, 0.1) is 11.6 Å². The Labute approximate surface area is 241 Å². The molecule has 18 heteroatoms. The van der Waals surface area contributed by atoms with E-state index in [0.717, 1.165) is 0 Å². The minimum Gasteiger partial charge on any atom is -0.351 e. The lowest BCUT2D eigenvalue weighted by molar-refractivity contribution is -0.129. The third-order valence-electron chi connectivity index (χ3n) is 6.66. The molecule has 0 aliphatic heterocycles. The Morgan fingerprint density at radius 3 is 2.40 bits per heavy atom. The van der Waals surface area contributed by atoms with Crippen molar-refractivity contribution in [1.82, 2.24) is 19.5 Å². The number of alkyl halides is 4. The van der Waals surface area contributed by atoms with E-state index in [0.29, 0.717) is 25.0 Å². The molecule has 1 aromatic carbocycles. The molecule has 1 saturated carbocycles. The van der Waals surface area contributed by atoms with Gasteiger partial charge in [-0.2, -0.15) is 22.0 Å². The summed E-state index contributed by atoms with van der Waals surface area (Å²) >= 11 is 5.58. The largest absolute Gasteiger partial charge is 0.390 e. The zero-order valence-electron chi connectivity index (χ0n) is 22.2. The number of fused-ring (bicyclic) bond motifs is 1. The van der Waals surface area contributed by atoms with Crippen LogP contribution in [0.4, 0.5) is 38.0 Å². The molecular formula is C24H26ClF6N7O3S. The van der Waals surface area contributed by atoms with Gasteiger partial charge in [0.25, 0.3) is 5.56 Å². The van der Waals surface area contributed by atoms with Crippen molar-refractivity contribution in [1.29, 1.82) is 0 Å². The minimum absolute atomic E-state index is 0.0662. The highest BCUT2D eigenvalue weighted by molar-refractivity contribution is 7.94. The summed E-state index contributed by atoms with van der Waals surface area (Å²) in [5.41, 5.74) is 2.89. The molecule has 3 N–H and O–H groups in total. The van der Waals surface area contributed by atoms with Gasteiger partial charge < -0.3 is 11.1 Å². The van der Waals surface area contributed by atoms with Crippen molar-refractivity contribution in [3.8, 4) is 11.3 Å². The monoisotopic (exact) mass is 641 g/mol. The fraction of sp³-hybridized carbons (Fsp3) is 0.500. The van der Waals surface area contributed by atoms with Crippen molar-refractivity contribution >= 4 is 44.6 Å². The SMILES string of the molecule is CC(C)n1c(=O)c(-c2cc(F)c(N(Cl)S(=O)(=O)CCC(F)(F)F)c(F)c2)nc2cnc(NC3CCC(N)C(F)C3)nc21. The molecule has 0 spiro atoms. The zero-order chi connectivity index (χ0) is 31.1. The molecule has 230 valence electrons. The molecule has 0 bridgehead atoms. The second kappa shape index (κ2) is 11.8. The fourth-order valence-corrected chi connectivity index (χ4v) is 6.00. The Morgan fingerprint density at radius 1 is 1.19 bits per heavy atom. The molecule has 3 atom stereocenters. The summed E-state index contributed by atoms with van der Waals surface area (Å²) in [6.45, 7) is 3.30. The molecule has 3 unspecified atom stereocenters. The van der Waals surface area contributed by atoms with Crippen LogP contribution in [-0.4, -0.2) is 58.1 Å². The van der Waals surface area contributed by atoms with E-state index >= 15 is 8.78 Å². The number of sulfonamides is 1. The van der Waals surface area contributed by atoms with E-state index in [9.17, 15) is 30.8 Å². The summed E-state index contributed by atoms with van der Waals surface area (Å²) < 4.78 is 107. The first-order valence-electron chi connectivity index (χ1n) is 12.7. The number of rotatable bonds is 8. The molecule has 2 aromatic heterocycles. The molecule has 1 fully saturated rings. The van der Waals surface area contributed by atoms with Crippen LogP contribution in [0.3, 0.4) is 0 Å². The Balaban J connectivity index is 1.72. The average Bonchev–Trinajstić information content (AvgIpc) is 2.88. The van der Waals surface area contributed by atoms with Crippen molar-refractivity contribution in [3.05, 3.63) is 40.3 Å². The Kier molecular flexibility index (Phi) is 8.95. The third-order valence-corrected chi connectivity index (χ3v) is 8.85. The van der Waals surface area contributed by atoms with E-state index in [2.05, 4.69) is 20.3 Å². The van der Waals surface area contributed by atoms with Crippen molar-refractivity contribution in [2.24, 2.45) is 5.73 Å². The van der Waals surface area contributed by atoms with Gasteiger partial charge in [0, 0.05) is 41.9 Å². The number of hydrogen-bond donors (Lipinski definition) is 2. The molecule has 1 aliphatic carbocycles. The van der Waals surface area contributed by atoms with Crippen LogP contribution in [-0.2, 0) is 10.0 Å². The second-order valence-corrected chi connectivity index (χ2v) is 12.6. The van der Waals surface area contributed by atoms with Crippen LogP contribution in [0.15, 0.2) is 23.1 Å². The van der Waals surface area contributed by atoms with Crippen molar-refractivity contribution < 1.29 is 34.8 Å². The van der Waals surface area contributed by atoms with Crippen LogP contribution in [0.2, 0.25) is 0 Å². The van der Waals surface area contributed by atoms with Crippen LogP contribution in [0.1, 0.15) is 45.6 Å². The highest BCUT2D eigenvalue weighted by Gasteiger charge is 2.35. The van der Waals surface area contributed by atoms with Gasteiger partial charge in [-0.25, -0.2) is 31.6 Å². The molecule has 1 aliphatic rings. The molecule has 0 radical (unpaired) electrons. The summed E-state index contributed by atoms with van der Waals surface area (Å²) in [5.74, 6) is -4.58. The van der Waals surface area contributed by atoms with Crippen molar-refractivity contribution in [2.75, 3.05) is 14.9 Å². The number of anilines is 2. The maximum absolute atomic E-state index is 15.0. The van der Waals surface area contributed by atoms with Crippen LogP contribution < -0.4 is 20.4 Å². The Bertz CT molecular complexity index is 1630. The van der Waals surface area contributed by atoms with Gasteiger partial charge in [0.2, 0.25) is 16.0 Å². The van der Waals surface area contributed by atoms with Gasteiger partial charge in [-0.15, -0.1) is 0 Å². The summed E-state index contributed by atoms with van der Waals surface area (Å²) in [7, 11) is -4.98. The number of benzene rings is 1. The molecule has 0 amide bonds. The van der Waals surface area contributed by atoms with Gasteiger partial charge in [-0.1, -0.05) is 0 Å². The van der Waals surface area contributed by atoms with E-state index in [-0.39, 0.29) is 29.6 Å².